The predicted molar refractivity (Wildman–Crippen MR) is 142 cm³/mol. The molecule has 38 heavy (non-hydrogen) atoms. The lowest BCUT2D eigenvalue weighted by molar-refractivity contribution is -0.137. The van der Waals surface area contributed by atoms with Gasteiger partial charge in [-0.25, -0.2) is 9.07 Å². The van der Waals surface area contributed by atoms with Crippen LogP contribution in [0.3, 0.4) is 0 Å². The van der Waals surface area contributed by atoms with Crippen molar-refractivity contribution in [3.63, 3.8) is 0 Å². The molecular weight excluding hydrogens is 511 g/mol. The summed E-state index contributed by atoms with van der Waals surface area (Å²) >= 11 is 0. The molecule has 2 atom stereocenters. The number of fused-ring (bicyclic) bond motifs is 2. The van der Waals surface area contributed by atoms with Gasteiger partial charge in [0.25, 0.3) is 0 Å². The quantitative estimate of drug-likeness (QED) is 0.300. The van der Waals surface area contributed by atoms with Gasteiger partial charge in [0.15, 0.2) is 0 Å². The second kappa shape index (κ2) is 9.99. The molecule has 0 spiro atoms. The van der Waals surface area contributed by atoms with Crippen LogP contribution in [-0.4, -0.2) is 52.1 Å². The van der Waals surface area contributed by atoms with Crippen molar-refractivity contribution >= 4 is 27.8 Å². The molecule has 0 radical (unpaired) electrons. The number of aromatic nitrogens is 3. The topological polar surface area (TPSA) is 121 Å². The number of aliphatic carboxylic acids is 1. The average molecular weight is 541 g/mol. The van der Waals surface area contributed by atoms with E-state index in [4.69, 9.17) is 4.74 Å². The van der Waals surface area contributed by atoms with Gasteiger partial charge in [0.2, 0.25) is 0 Å². The Morgan fingerprint density at radius 1 is 1.21 bits per heavy atom. The largest absolute Gasteiger partial charge is 0.487 e. The molecule has 0 saturated heterocycles. The van der Waals surface area contributed by atoms with E-state index in [1.807, 2.05) is 26.0 Å². The van der Waals surface area contributed by atoms with E-state index >= 15 is 4.39 Å². The average Bonchev–Trinajstić information content (AvgIpc) is 3.21. The fourth-order valence-corrected chi connectivity index (χ4v) is 6.71. The summed E-state index contributed by atoms with van der Waals surface area (Å²) in [6.07, 6.45) is -0.591. The van der Waals surface area contributed by atoms with E-state index < -0.39 is 28.5 Å². The standard InChI is InChI=1S/C27H29FN4O5S/c1-16-14-32(38(35,36)25-7-5-4-6-24(25)37-16)15-19-12-18(8-10-22(19)28)21(13-26(33)34)20-9-11-23-27(17(20)2)29-30-31(23)3/h4-12,16,21,35-36H,13-15H2,1-3H3,(H,33,34)/t16-,21?/m1/s1. The smallest absolute Gasteiger partial charge is 0.304 e. The normalized spacial score (nSPS) is 18.8. The summed E-state index contributed by atoms with van der Waals surface area (Å²) in [5.41, 5.74) is 3.88. The first-order valence-corrected chi connectivity index (χ1v) is 13.6. The lowest BCUT2D eigenvalue weighted by Crippen LogP contribution is -2.33. The van der Waals surface area contributed by atoms with E-state index in [0.29, 0.717) is 16.8 Å². The Kier molecular flexibility index (Phi) is 6.86. The number of carboxylic acid groups (broad SMARTS) is 1. The van der Waals surface area contributed by atoms with Gasteiger partial charge in [-0.3, -0.25) is 13.9 Å². The Labute approximate surface area is 220 Å². The van der Waals surface area contributed by atoms with Crippen molar-refractivity contribution in [1.29, 1.82) is 0 Å². The zero-order valence-electron chi connectivity index (χ0n) is 21.2. The van der Waals surface area contributed by atoms with Gasteiger partial charge in [-0.15, -0.1) is 15.9 Å². The van der Waals surface area contributed by atoms with Crippen LogP contribution in [0.15, 0.2) is 59.5 Å². The lowest BCUT2D eigenvalue weighted by atomic mass is 9.85. The predicted octanol–water partition coefficient (Wildman–Crippen LogP) is 5.33. The minimum absolute atomic E-state index is 0.105. The fourth-order valence-electron chi connectivity index (χ4n) is 5.04. The van der Waals surface area contributed by atoms with E-state index in [1.54, 1.807) is 48.1 Å². The monoisotopic (exact) mass is 540 g/mol. The van der Waals surface area contributed by atoms with Crippen molar-refractivity contribution in [1.82, 2.24) is 19.3 Å². The molecule has 3 aromatic carbocycles. The van der Waals surface area contributed by atoms with Gasteiger partial charge < -0.3 is 9.84 Å². The summed E-state index contributed by atoms with van der Waals surface area (Å²) in [4.78, 5) is 12.1. The zero-order valence-corrected chi connectivity index (χ0v) is 22.0. The van der Waals surface area contributed by atoms with Crippen molar-refractivity contribution in [2.45, 2.75) is 43.7 Å². The second-order valence-corrected chi connectivity index (χ2v) is 11.6. The van der Waals surface area contributed by atoms with Crippen molar-refractivity contribution in [3.05, 3.63) is 82.7 Å². The first-order chi connectivity index (χ1) is 18.1. The molecule has 1 aliphatic heterocycles. The molecule has 9 nitrogen and oxygen atoms in total. The summed E-state index contributed by atoms with van der Waals surface area (Å²) in [6.45, 7) is 3.73. The summed E-state index contributed by atoms with van der Waals surface area (Å²) in [6, 6.07) is 14.9. The molecule has 1 unspecified atom stereocenters. The molecule has 0 bridgehead atoms. The summed E-state index contributed by atoms with van der Waals surface area (Å²) < 4.78 is 46.5. The Balaban J connectivity index is 1.54. The van der Waals surface area contributed by atoms with Gasteiger partial charge >= 0.3 is 5.97 Å². The molecule has 1 aliphatic rings. The maximum Gasteiger partial charge on any atom is 0.304 e. The third kappa shape index (κ3) is 4.73. The molecule has 3 N–H and O–H groups in total. The molecule has 11 heteroatoms. The number of aryl methyl sites for hydroxylation is 2. The number of halogens is 1. The maximum atomic E-state index is 15.1. The lowest BCUT2D eigenvalue weighted by Gasteiger charge is -2.41. The van der Waals surface area contributed by atoms with Gasteiger partial charge in [-0.2, -0.15) is 4.31 Å². The van der Waals surface area contributed by atoms with Crippen molar-refractivity contribution in [2.75, 3.05) is 6.54 Å². The number of carbonyl (C=O) groups is 1. The van der Waals surface area contributed by atoms with Gasteiger partial charge in [-0.05, 0) is 54.8 Å². The minimum atomic E-state index is -3.47. The molecule has 0 amide bonds. The molecule has 5 rings (SSSR count). The SMILES string of the molecule is Cc1c(C(CC(=O)O)c2ccc(F)c(CN3C[C@@H](C)Oc4ccccc4S3(O)O)c2)ccc2c1nnn2C. The third-order valence-corrected chi connectivity index (χ3v) is 8.87. The Hall–Kier alpha value is -3.51. The van der Waals surface area contributed by atoms with E-state index in [9.17, 15) is 19.0 Å². The highest BCUT2D eigenvalue weighted by atomic mass is 32.3. The van der Waals surface area contributed by atoms with Crippen LogP contribution in [0, 0.1) is 12.7 Å². The minimum Gasteiger partial charge on any atom is -0.487 e. The van der Waals surface area contributed by atoms with Crippen molar-refractivity contribution in [2.24, 2.45) is 7.05 Å². The van der Waals surface area contributed by atoms with Crippen LogP contribution < -0.4 is 4.74 Å². The molecule has 2 heterocycles. The number of nitrogens with zero attached hydrogens (tertiary/aromatic N) is 4. The fraction of sp³-hybridized carbons (Fsp3) is 0.296. The maximum absolute atomic E-state index is 15.1. The van der Waals surface area contributed by atoms with E-state index in [0.717, 1.165) is 16.6 Å². The molecule has 0 fully saturated rings. The van der Waals surface area contributed by atoms with Crippen LogP contribution in [0.4, 0.5) is 4.39 Å². The van der Waals surface area contributed by atoms with Crippen LogP contribution >= 0.6 is 10.8 Å². The molecule has 1 aromatic heterocycles. The van der Waals surface area contributed by atoms with Gasteiger partial charge in [0.1, 0.15) is 28.1 Å². The highest BCUT2D eigenvalue weighted by Gasteiger charge is 2.34. The Morgan fingerprint density at radius 3 is 2.74 bits per heavy atom. The van der Waals surface area contributed by atoms with Crippen LogP contribution in [0.5, 0.6) is 5.75 Å². The molecular formula is C27H29FN4O5S. The van der Waals surface area contributed by atoms with Crippen LogP contribution in [0.1, 0.15) is 41.5 Å². The number of para-hydroxylation sites is 1. The third-order valence-electron chi connectivity index (χ3n) is 6.95. The van der Waals surface area contributed by atoms with E-state index in [1.165, 1.54) is 10.4 Å². The highest BCUT2D eigenvalue weighted by Crippen LogP contribution is 2.57. The Morgan fingerprint density at radius 2 is 1.97 bits per heavy atom. The van der Waals surface area contributed by atoms with Crippen LogP contribution in [0.2, 0.25) is 0 Å². The summed E-state index contributed by atoms with van der Waals surface area (Å²) in [5.74, 6) is -1.71. The number of hydrogen-bond acceptors (Lipinski definition) is 7. The first-order valence-electron chi connectivity index (χ1n) is 12.1. The number of rotatable bonds is 6. The van der Waals surface area contributed by atoms with Crippen molar-refractivity contribution in [3.8, 4) is 5.75 Å². The highest BCUT2D eigenvalue weighted by molar-refractivity contribution is 8.22. The zero-order chi connectivity index (χ0) is 27.2. The van der Waals surface area contributed by atoms with E-state index in [-0.39, 0.29) is 36.1 Å². The molecule has 4 aromatic rings. The second-order valence-electron chi connectivity index (χ2n) is 9.58. The van der Waals surface area contributed by atoms with Crippen LogP contribution in [0.25, 0.3) is 11.0 Å². The molecule has 0 saturated carbocycles. The Bertz CT molecular complexity index is 1520. The van der Waals surface area contributed by atoms with Crippen LogP contribution in [-0.2, 0) is 18.4 Å². The number of benzene rings is 3. The molecule has 200 valence electrons. The first kappa shape index (κ1) is 26.1. The number of carboxylic acids is 1. The number of hydrogen-bond donors (Lipinski definition) is 3. The van der Waals surface area contributed by atoms with E-state index in [2.05, 4.69) is 10.3 Å². The number of ether oxygens (including phenoxy) is 1. The van der Waals surface area contributed by atoms with Gasteiger partial charge in [0, 0.05) is 25.1 Å². The summed E-state index contributed by atoms with van der Waals surface area (Å²) in [7, 11) is -1.69. The van der Waals surface area contributed by atoms with Gasteiger partial charge in [0.05, 0.1) is 18.5 Å². The van der Waals surface area contributed by atoms with Crippen molar-refractivity contribution < 1.29 is 28.1 Å². The summed E-state index contributed by atoms with van der Waals surface area (Å²) in [5, 5.41) is 18.0. The van der Waals surface area contributed by atoms with Gasteiger partial charge in [-0.1, -0.05) is 35.5 Å². The molecule has 0 aliphatic carbocycles.